The third-order valence-electron chi connectivity index (χ3n) is 2.52. The number of aliphatic imine (C=N–C) groups is 1. The average Bonchev–Trinajstić information content (AvgIpc) is 2.40. The molecule has 0 saturated heterocycles. The predicted molar refractivity (Wildman–Crippen MR) is 78.6 cm³/mol. The van der Waals surface area contributed by atoms with Gasteiger partial charge < -0.3 is 22.5 Å². The number of phenols is 1. The Morgan fingerprint density at radius 3 is 2.74 bits per heavy atom. The summed E-state index contributed by atoms with van der Waals surface area (Å²) in [5, 5.41) is 9.63. The van der Waals surface area contributed by atoms with E-state index in [0.29, 0.717) is 22.8 Å². The summed E-state index contributed by atoms with van der Waals surface area (Å²) in [5.41, 5.74) is 1.34. The highest BCUT2D eigenvalue weighted by molar-refractivity contribution is 7.59. The molecule has 1 N–H and O–H groups in total. The van der Waals surface area contributed by atoms with E-state index < -0.39 is 0 Å². The largest absolute Gasteiger partial charge is 0.778 e. The Balaban J connectivity index is 2.22. The van der Waals surface area contributed by atoms with Crippen LogP contribution >= 0.6 is 0 Å². The Morgan fingerprint density at radius 1 is 1.26 bits per heavy atom. The van der Waals surface area contributed by atoms with Crippen molar-refractivity contribution in [2.45, 2.75) is 11.8 Å². The number of benzene rings is 2. The average molecular weight is 272 g/mol. The minimum absolute atomic E-state index is 0.197. The van der Waals surface area contributed by atoms with Crippen molar-refractivity contribution in [3.63, 3.8) is 0 Å². The lowest BCUT2D eigenvalue weighted by Gasteiger charge is -2.12. The number of nitrogens with zero attached hydrogens (tertiary/aromatic N) is 1. The molecule has 0 bridgehead atoms. The molecule has 3 nitrogen and oxygen atoms in total. The van der Waals surface area contributed by atoms with Crippen LogP contribution < -0.4 is 4.74 Å². The molecule has 0 atom stereocenters. The molecular weight excluding hydrogens is 258 g/mol. The van der Waals surface area contributed by atoms with E-state index in [9.17, 15) is 5.11 Å². The Kier molecular flexibility index (Phi) is 4.36. The maximum atomic E-state index is 9.63. The van der Waals surface area contributed by atoms with Crippen molar-refractivity contribution < 1.29 is 9.84 Å². The summed E-state index contributed by atoms with van der Waals surface area (Å²) in [5.74, 6) is 0.942. The SMILES string of the molecule is CCOc1ccc(N=Cc2ccccc2O)c([S-])c1. The Labute approximate surface area is 118 Å². The standard InChI is InChI=1S/C15H15NO2S/c1-2-18-12-7-8-13(15(19)9-12)16-10-11-5-3-4-6-14(11)17/h3-10,17,19H,2H2,1H3/p-1. The molecule has 0 radical (unpaired) electrons. The predicted octanol–water partition coefficient (Wildman–Crippen LogP) is 3.45. The quantitative estimate of drug-likeness (QED) is 0.684. The van der Waals surface area contributed by atoms with Gasteiger partial charge in [-0.25, -0.2) is 0 Å². The first-order valence-electron chi connectivity index (χ1n) is 5.96. The zero-order valence-electron chi connectivity index (χ0n) is 10.5. The first-order valence-corrected chi connectivity index (χ1v) is 6.37. The molecule has 0 aliphatic rings. The number of ether oxygens (including phenoxy) is 1. The molecule has 2 aromatic carbocycles. The second-order valence-electron chi connectivity index (χ2n) is 3.88. The molecular formula is C15H14NO2S-. The third kappa shape index (κ3) is 3.45. The van der Waals surface area contributed by atoms with E-state index in [0.717, 1.165) is 5.75 Å². The molecule has 0 aliphatic heterocycles. The fourth-order valence-electron chi connectivity index (χ4n) is 1.59. The van der Waals surface area contributed by atoms with E-state index in [4.69, 9.17) is 17.4 Å². The van der Waals surface area contributed by atoms with Crippen LogP contribution in [0.5, 0.6) is 11.5 Å². The van der Waals surface area contributed by atoms with Crippen molar-refractivity contribution >= 4 is 24.5 Å². The van der Waals surface area contributed by atoms with Crippen LogP contribution in [0.3, 0.4) is 0 Å². The van der Waals surface area contributed by atoms with Crippen molar-refractivity contribution in [1.82, 2.24) is 0 Å². The van der Waals surface area contributed by atoms with Crippen LogP contribution in [0.15, 0.2) is 52.4 Å². The zero-order chi connectivity index (χ0) is 13.7. The van der Waals surface area contributed by atoms with Gasteiger partial charge in [-0.1, -0.05) is 12.1 Å². The summed E-state index contributed by atoms with van der Waals surface area (Å²) in [6.07, 6.45) is 1.60. The number of phenolic OH excluding ortho intramolecular Hbond substituents is 1. The van der Waals surface area contributed by atoms with Gasteiger partial charge in [-0.3, -0.25) is 4.99 Å². The number of aromatic hydroxyl groups is 1. The fourth-order valence-corrected chi connectivity index (χ4v) is 1.83. The molecule has 0 saturated carbocycles. The smallest absolute Gasteiger partial charge is 0.124 e. The summed E-state index contributed by atoms with van der Waals surface area (Å²) >= 11 is 5.25. The highest BCUT2D eigenvalue weighted by Crippen LogP contribution is 2.25. The lowest BCUT2D eigenvalue weighted by molar-refractivity contribution is 0.339. The Bertz CT molecular complexity index is 596. The van der Waals surface area contributed by atoms with Gasteiger partial charge in [0.1, 0.15) is 11.5 Å². The number of rotatable bonds is 4. The lowest BCUT2D eigenvalue weighted by Crippen LogP contribution is -1.91. The van der Waals surface area contributed by atoms with Crippen LogP contribution in [0, 0.1) is 0 Å². The molecule has 19 heavy (non-hydrogen) atoms. The molecule has 4 heteroatoms. The van der Waals surface area contributed by atoms with Crippen molar-refractivity contribution in [2.24, 2.45) is 4.99 Å². The number of hydrogen-bond donors (Lipinski definition) is 1. The first-order chi connectivity index (χ1) is 9.20. The summed E-state index contributed by atoms with van der Waals surface area (Å²) in [4.78, 5) is 4.92. The van der Waals surface area contributed by atoms with Gasteiger partial charge in [0.15, 0.2) is 0 Å². The molecule has 0 aliphatic carbocycles. The Morgan fingerprint density at radius 2 is 2.05 bits per heavy atom. The molecule has 0 spiro atoms. The molecule has 0 heterocycles. The summed E-state index contributed by atoms with van der Waals surface area (Å²) in [6.45, 7) is 2.53. The molecule has 0 unspecified atom stereocenters. The molecule has 0 aromatic heterocycles. The molecule has 98 valence electrons. The second kappa shape index (κ2) is 6.20. The van der Waals surface area contributed by atoms with Gasteiger partial charge in [-0.15, -0.1) is 4.90 Å². The van der Waals surface area contributed by atoms with Crippen LogP contribution in [-0.2, 0) is 12.6 Å². The van der Waals surface area contributed by atoms with Gasteiger partial charge >= 0.3 is 0 Å². The normalized spacial score (nSPS) is 10.8. The van der Waals surface area contributed by atoms with Gasteiger partial charge in [0.25, 0.3) is 0 Å². The van der Waals surface area contributed by atoms with Crippen LogP contribution in [-0.4, -0.2) is 17.9 Å². The van der Waals surface area contributed by atoms with Gasteiger partial charge in [-0.2, -0.15) is 0 Å². The van der Waals surface area contributed by atoms with E-state index in [-0.39, 0.29) is 5.75 Å². The van der Waals surface area contributed by atoms with Crippen molar-refractivity contribution in [3.8, 4) is 11.5 Å². The summed E-state index contributed by atoms with van der Waals surface area (Å²) in [7, 11) is 0. The van der Waals surface area contributed by atoms with E-state index in [1.165, 1.54) is 0 Å². The topological polar surface area (TPSA) is 41.8 Å². The monoisotopic (exact) mass is 272 g/mol. The summed E-state index contributed by atoms with van der Waals surface area (Å²) < 4.78 is 5.37. The van der Waals surface area contributed by atoms with E-state index in [2.05, 4.69) is 4.99 Å². The van der Waals surface area contributed by atoms with Crippen molar-refractivity contribution in [2.75, 3.05) is 6.61 Å². The zero-order valence-corrected chi connectivity index (χ0v) is 11.4. The van der Waals surface area contributed by atoms with Gasteiger partial charge in [0.2, 0.25) is 0 Å². The fraction of sp³-hybridized carbons (Fsp3) is 0.133. The number of para-hydroxylation sites is 1. The van der Waals surface area contributed by atoms with Crippen molar-refractivity contribution in [3.05, 3.63) is 48.0 Å². The third-order valence-corrected chi connectivity index (χ3v) is 2.85. The van der Waals surface area contributed by atoms with Gasteiger partial charge in [0, 0.05) is 17.5 Å². The molecule has 2 aromatic rings. The molecule has 2 rings (SSSR count). The highest BCUT2D eigenvalue weighted by Gasteiger charge is 1.97. The van der Waals surface area contributed by atoms with Crippen LogP contribution in [0.2, 0.25) is 0 Å². The van der Waals surface area contributed by atoms with Crippen LogP contribution in [0.4, 0.5) is 5.69 Å². The van der Waals surface area contributed by atoms with E-state index in [1.54, 1.807) is 30.5 Å². The highest BCUT2D eigenvalue weighted by atomic mass is 32.1. The van der Waals surface area contributed by atoms with Crippen LogP contribution in [0.25, 0.3) is 0 Å². The minimum Gasteiger partial charge on any atom is -0.778 e. The minimum atomic E-state index is 0.197. The van der Waals surface area contributed by atoms with Gasteiger partial charge in [-0.05, 0) is 37.3 Å². The first kappa shape index (κ1) is 13.4. The van der Waals surface area contributed by atoms with Crippen molar-refractivity contribution in [1.29, 1.82) is 0 Å². The number of hydrogen-bond acceptors (Lipinski definition) is 4. The maximum absolute atomic E-state index is 9.63. The maximum Gasteiger partial charge on any atom is 0.124 e. The molecule has 0 fully saturated rings. The molecule has 0 amide bonds. The van der Waals surface area contributed by atoms with E-state index in [1.807, 2.05) is 25.1 Å². The van der Waals surface area contributed by atoms with Crippen LogP contribution in [0.1, 0.15) is 12.5 Å². The summed E-state index contributed by atoms with van der Waals surface area (Å²) in [6, 6.07) is 12.4. The second-order valence-corrected chi connectivity index (χ2v) is 4.32. The Hall–Kier alpha value is -2.07. The van der Waals surface area contributed by atoms with E-state index >= 15 is 0 Å². The lowest BCUT2D eigenvalue weighted by atomic mass is 10.2. The van der Waals surface area contributed by atoms with Gasteiger partial charge in [0.05, 0.1) is 6.61 Å².